The number of hydrogen-bond acceptors (Lipinski definition) is 2. The second-order valence-corrected chi connectivity index (χ2v) is 4.15. The van der Waals surface area contributed by atoms with E-state index >= 15 is 0 Å². The van der Waals surface area contributed by atoms with E-state index < -0.39 is 5.97 Å². The van der Waals surface area contributed by atoms with Crippen LogP contribution in [0.1, 0.15) is 10.5 Å². The minimum atomic E-state index is -1.24. The van der Waals surface area contributed by atoms with Gasteiger partial charge in [0.05, 0.1) is 22.2 Å². The Hall–Kier alpha value is -1.00. The molecule has 72 valence electrons. The summed E-state index contributed by atoms with van der Waals surface area (Å²) in [7, 11) is 0. The molecule has 0 atom stereocenters. The highest BCUT2D eigenvalue weighted by molar-refractivity contribution is 9.10. The molecule has 0 unspecified atom stereocenters. The molecular formula is C9H4BrClNO2-. The molecule has 3 nitrogen and oxygen atoms in total. The van der Waals surface area contributed by atoms with E-state index in [-0.39, 0.29) is 5.69 Å². The molecule has 2 aromatic rings. The summed E-state index contributed by atoms with van der Waals surface area (Å²) >= 11 is 9.17. The molecule has 0 saturated carbocycles. The van der Waals surface area contributed by atoms with Crippen LogP contribution in [-0.2, 0) is 0 Å². The van der Waals surface area contributed by atoms with Crippen LogP contribution >= 0.6 is 27.5 Å². The maximum atomic E-state index is 10.6. The molecular weight excluding hydrogens is 269 g/mol. The van der Waals surface area contributed by atoms with Crippen molar-refractivity contribution < 1.29 is 9.90 Å². The number of nitrogens with one attached hydrogen (secondary N) is 1. The van der Waals surface area contributed by atoms with Gasteiger partial charge in [-0.05, 0) is 18.2 Å². The number of benzene rings is 1. The van der Waals surface area contributed by atoms with Crippen LogP contribution in [0.15, 0.2) is 22.7 Å². The lowest BCUT2D eigenvalue weighted by Gasteiger charge is -1.96. The molecule has 0 aliphatic rings. The Morgan fingerprint density at radius 1 is 1.43 bits per heavy atom. The van der Waals surface area contributed by atoms with Gasteiger partial charge in [0, 0.05) is 9.86 Å². The zero-order valence-corrected chi connectivity index (χ0v) is 9.15. The standard InChI is InChI=1S/C9H5BrClNO2/c10-5-1-4-2-7(9(13)14)12-8(4)6(11)3-5/h1-3,12H,(H,13,14)/p-1. The van der Waals surface area contributed by atoms with E-state index in [0.717, 1.165) is 9.86 Å². The number of halogens is 2. The first-order chi connectivity index (χ1) is 6.58. The van der Waals surface area contributed by atoms with Crippen molar-refractivity contribution in [1.82, 2.24) is 4.98 Å². The number of carboxylic acids is 1. The Bertz CT molecular complexity index is 521. The van der Waals surface area contributed by atoms with Gasteiger partial charge in [0.25, 0.3) is 0 Å². The van der Waals surface area contributed by atoms with Gasteiger partial charge in [0.2, 0.25) is 0 Å². The third-order valence-electron chi connectivity index (χ3n) is 1.86. The summed E-state index contributed by atoms with van der Waals surface area (Å²) in [5.41, 5.74) is 0.633. The fourth-order valence-corrected chi connectivity index (χ4v) is 2.16. The summed E-state index contributed by atoms with van der Waals surface area (Å²) in [5.74, 6) is -1.24. The summed E-state index contributed by atoms with van der Waals surface area (Å²) in [6.07, 6.45) is 0. The van der Waals surface area contributed by atoms with Crippen LogP contribution < -0.4 is 5.11 Å². The molecule has 1 N–H and O–H groups in total. The molecule has 2 rings (SSSR count). The normalized spacial score (nSPS) is 10.7. The van der Waals surface area contributed by atoms with Crippen LogP contribution in [0.3, 0.4) is 0 Å². The molecule has 0 saturated heterocycles. The van der Waals surface area contributed by atoms with E-state index in [0.29, 0.717) is 10.5 Å². The highest BCUT2D eigenvalue weighted by Crippen LogP contribution is 2.27. The highest BCUT2D eigenvalue weighted by Gasteiger charge is 2.05. The molecule has 14 heavy (non-hydrogen) atoms. The molecule has 0 fully saturated rings. The SMILES string of the molecule is O=C([O-])c1cc2cc(Br)cc(Cl)c2[nH]1. The van der Waals surface area contributed by atoms with Crippen molar-refractivity contribution in [3.8, 4) is 0 Å². The van der Waals surface area contributed by atoms with Crippen LogP contribution in [0.2, 0.25) is 5.02 Å². The van der Waals surface area contributed by atoms with Crippen molar-refractivity contribution in [2.45, 2.75) is 0 Å². The number of carbonyl (C=O) groups is 1. The maximum Gasteiger partial charge on any atom is 0.0878 e. The van der Waals surface area contributed by atoms with Gasteiger partial charge in [-0.3, -0.25) is 0 Å². The number of carbonyl (C=O) groups excluding carboxylic acids is 1. The van der Waals surface area contributed by atoms with Crippen LogP contribution in [0.4, 0.5) is 0 Å². The predicted octanol–water partition coefficient (Wildman–Crippen LogP) is 1.95. The predicted molar refractivity (Wildman–Crippen MR) is 55.3 cm³/mol. The van der Waals surface area contributed by atoms with E-state index in [2.05, 4.69) is 20.9 Å². The molecule has 5 heteroatoms. The first-order valence-electron chi connectivity index (χ1n) is 3.77. The monoisotopic (exact) mass is 272 g/mol. The van der Waals surface area contributed by atoms with Gasteiger partial charge in [0.15, 0.2) is 0 Å². The van der Waals surface area contributed by atoms with Crippen LogP contribution in [-0.4, -0.2) is 11.0 Å². The fraction of sp³-hybridized carbons (Fsp3) is 0. The zero-order valence-electron chi connectivity index (χ0n) is 6.80. The van der Waals surface area contributed by atoms with Crippen molar-refractivity contribution in [1.29, 1.82) is 0 Å². The topological polar surface area (TPSA) is 55.9 Å². The summed E-state index contributed by atoms with van der Waals surface area (Å²) in [6, 6.07) is 4.96. The molecule has 0 spiro atoms. The van der Waals surface area contributed by atoms with Crippen LogP contribution in [0.5, 0.6) is 0 Å². The number of hydrogen-bond donors (Lipinski definition) is 1. The molecule has 1 aromatic heterocycles. The zero-order chi connectivity index (χ0) is 10.3. The Morgan fingerprint density at radius 3 is 2.79 bits per heavy atom. The Morgan fingerprint density at radius 2 is 2.14 bits per heavy atom. The van der Waals surface area contributed by atoms with Crippen molar-refractivity contribution in [3.05, 3.63) is 33.4 Å². The van der Waals surface area contributed by atoms with E-state index in [1.54, 1.807) is 12.1 Å². The molecule has 0 aliphatic carbocycles. The Kier molecular flexibility index (Phi) is 2.25. The number of carboxylic acid groups (broad SMARTS) is 1. The largest absolute Gasteiger partial charge is 0.543 e. The lowest BCUT2D eigenvalue weighted by molar-refractivity contribution is -0.255. The first kappa shape index (κ1) is 9.55. The quantitative estimate of drug-likeness (QED) is 0.863. The average molecular weight is 273 g/mol. The van der Waals surface area contributed by atoms with Gasteiger partial charge < -0.3 is 14.9 Å². The Labute approximate surface area is 92.8 Å². The second-order valence-electron chi connectivity index (χ2n) is 2.82. The van der Waals surface area contributed by atoms with Crippen LogP contribution in [0.25, 0.3) is 10.9 Å². The van der Waals surface area contributed by atoms with E-state index in [4.69, 9.17) is 11.6 Å². The molecule has 0 aliphatic heterocycles. The third-order valence-corrected chi connectivity index (χ3v) is 2.62. The van der Waals surface area contributed by atoms with E-state index in [1.807, 2.05) is 0 Å². The lowest BCUT2D eigenvalue weighted by Crippen LogP contribution is -2.22. The van der Waals surface area contributed by atoms with Gasteiger partial charge in [-0.2, -0.15) is 0 Å². The van der Waals surface area contributed by atoms with Crippen molar-refractivity contribution >= 4 is 44.4 Å². The number of aromatic nitrogens is 1. The highest BCUT2D eigenvalue weighted by atomic mass is 79.9. The fourth-order valence-electron chi connectivity index (χ4n) is 1.28. The van der Waals surface area contributed by atoms with Gasteiger partial charge in [-0.25, -0.2) is 0 Å². The number of aromatic carboxylic acids is 1. The van der Waals surface area contributed by atoms with E-state index in [1.165, 1.54) is 6.07 Å². The third kappa shape index (κ3) is 1.51. The smallest absolute Gasteiger partial charge is 0.0878 e. The summed E-state index contributed by atoms with van der Waals surface area (Å²) in [4.78, 5) is 13.2. The molecule has 1 heterocycles. The minimum Gasteiger partial charge on any atom is -0.543 e. The first-order valence-corrected chi connectivity index (χ1v) is 4.94. The molecule has 0 bridgehead atoms. The average Bonchev–Trinajstić information content (AvgIpc) is 2.47. The van der Waals surface area contributed by atoms with E-state index in [9.17, 15) is 9.90 Å². The number of H-pyrrole nitrogens is 1. The number of aromatic amines is 1. The number of fused-ring (bicyclic) bond motifs is 1. The summed E-state index contributed by atoms with van der Waals surface area (Å²) < 4.78 is 0.805. The summed E-state index contributed by atoms with van der Waals surface area (Å²) in [6.45, 7) is 0. The van der Waals surface area contributed by atoms with Gasteiger partial charge >= 0.3 is 0 Å². The Balaban J connectivity index is 2.76. The summed E-state index contributed by atoms with van der Waals surface area (Å²) in [5, 5.41) is 11.8. The second kappa shape index (κ2) is 3.29. The minimum absolute atomic E-state index is 0.0278. The van der Waals surface area contributed by atoms with Gasteiger partial charge in [-0.1, -0.05) is 27.5 Å². The van der Waals surface area contributed by atoms with Gasteiger partial charge in [-0.15, -0.1) is 0 Å². The van der Waals surface area contributed by atoms with Crippen molar-refractivity contribution in [2.24, 2.45) is 0 Å². The van der Waals surface area contributed by atoms with Crippen molar-refractivity contribution in [3.63, 3.8) is 0 Å². The van der Waals surface area contributed by atoms with Crippen LogP contribution in [0, 0.1) is 0 Å². The number of rotatable bonds is 1. The molecule has 0 radical (unpaired) electrons. The maximum absolute atomic E-state index is 10.6. The van der Waals surface area contributed by atoms with Gasteiger partial charge in [0.1, 0.15) is 0 Å². The lowest BCUT2D eigenvalue weighted by atomic mass is 10.2. The molecule has 0 amide bonds. The van der Waals surface area contributed by atoms with Crippen molar-refractivity contribution in [2.75, 3.05) is 0 Å². The molecule has 1 aromatic carbocycles.